The SMILES string of the molecule is CCCCc1ccc(-c2cc(Br)cc3c2C=CC3C)cc1. The molecule has 0 bridgehead atoms. The van der Waals surface area contributed by atoms with Crippen molar-refractivity contribution in [3.05, 3.63) is 63.6 Å². The highest BCUT2D eigenvalue weighted by Crippen LogP contribution is 2.39. The number of hydrogen-bond acceptors (Lipinski definition) is 0. The molecule has 1 aliphatic rings. The average molecular weight is 341 g/mol. The topological polar surface area (TPSA) is 0 Å². The fourth-order valence-corrected chi connectivity index (χ4v) is 3.49. The average Bonchev–Trinajstić information content (AvgIpc) is 2.86. The molecule has 0 saturated carbocycles. The summed E-state index contributed by atoms with van der Waals surface area (Å²) in [6, 6.07) is 13.6. The van der Waals surface area contributed by atoms with E-state index in [9.17, 15) is 0 Å². The van der Waals surface area contributed by atoms with Gasteiger partial charge in [0.1, 0.15) is 0 Å². The fourth-order valence-electron chi connectivity index (χ4n) is 3.02. The molecule has 0 radical (unpaired) electrons. The maximum atomic E-state index is 3.66. The summed E-state index contributed by atoms with van der Waals surface area (Å²) in [6.45, 7) is 4.50. The molecule has 2 aromatic rings. The van der Waals surface area contributed by atoms with Gasteiger partial charge >= 0.3 is 0 Å². The van der Waals surface area contributed by atoms with Gasteiger partial charge in [-0.1, -0.05) is 72.6 Å². The van der Waals surface area contributed by atoms with Crippen molar-refractivity contribution in [3.8, 4) is 11.1 Å². The highest BCUT2D eigenvalue weighted by Gasteiger charge is 2.17. The van der Waals surface area contributed by atoms with Crippen molar-refractivity contribution < 1.29 is 0 Å². The molecule has 0 spiro atoms. The van der Waals surface area contributed by atoms with E-state index in [0.717, 1.165) is 0 Å². The lowest BCUT2D eigenvalue weighted by atomic mass is 9.93. The highest BCUT2D eigenvalue weighted by molar-refractivity contribution is 9.10. The highest BCUT2D eigenvalue weighted by atomic mass is 79.9. The Balaban J connectivity index is 1.97. The van der Waals surface area contributed by atoms with Crippen LogP contribution in [0, 0.1) is 0 Å². The normalized spacial score (nSPS) is 16.2. The Morgan fingerprint density at radius 2 is 1.86 bits per heavy atom. The zero-order valence-corrected chi connectivity index (χ0v) is 14.3. The molecule has 0 fully saturated rings. The number of aryl methyl sites for hydroxylation is 1. The van der Waals surface area contributed by atoms with Gasteiger partial charge in [0.15, 0.2) is 0 Å². The first kappa shape index (κ1) is 14.6. The summed E-state index contributed by atoms with van der Waals surface area (Å²) in [5.74, 6) is 0.514. The molecule has 21 heavy (non-hydrogen) atoms. The van der Waals surface area contributed by atoms with Crippen LogP contribution in [0.25, 0.3) is 17.2 Å². The van der Waals surface area contributed by atoms with Crippen molar-refractivity contribution in [1.82, 2.24) is 0 Å². The minimum absolute atomic E-state index is 0.514. The van der Waals surface area contributed by atoms with Crippen molar-refractivity contribution in [3.63, 3.8) is 0 Å². The third-order valence-electron chi connectivity index (χ3n) is 4.30. The standard InChI is InChI=1S/C20H21Br/c1-3-4-5-15-7-9-16(10-8-15)20-13-17(21)12-19-14(2)6-11-18(19)20/h6-14H,3-5H2,1-2H3. The molecule has 0 saturated heterocycles. The van der Waals surface area contributed by atoms with E-state index in [0.29, 0.717) is 5.92 Å². The molecule has 1 aliphatic carbocycles. The summed E-state index contributed by atoms with van der Waals surface area (Å²) < 4.78 is 1.17. The van der Waals surface area contributed by atoms with E-state index >= 15 is 0 Å². The number of hydrogen-bond donors (Lipinski definition) is 0. The Hall–Kier alpha value is -1.34. The Morgan fingerprint density at radius 3 is 2.57 bits per heavy atom. The molecule has 0 aliphatic heterocycles. The Morgan fingerprint density at radius 1 is 1.10 bits per heavy atom. The number of unbranched alkanes of at least 4 members (excludes halogenated alkanes) is 1. The van der Waals surface area contributed by atoms with Gasteiger partial charge in [-0.15, -0.1) is 0 Å². The number of rotatable bonds is 4. The quantitative estimate of drug-likeness (QED) is 0.588. The number of fused-ring (bicyclic) bond motifs is 1. The Bertz CT molecular complexity index is 665. The van der Waals surface area contributed by atoms with Crippen LogP contribution in [-0.2, 0) is 6.42 Å². The van der Waals surface area contributed by atoms with Gasteiger partial charge in [0.25, 0.3) is 0 Å². The molecule has 0 nitrogen and oxygen atoms in total. The van der Waals surface area contributed by atoms with Gasteiger partial charge in [0, 0.05) is 4.47 Å². The lowest BCUT2D eigenvalue weighted by Gasteiger charge is -2.12. The van der Waals surface area contributed by atoms with Gasteiger partial charge in [-0.25, -0.2) is 0 Å². The molecule has 1 heteroatoms. The largest absolute Gasteiger partial charge is 0.0766 e. The molecule has 0 amide bonds. The van der Waals surface area contributed by atoms with E-state index in [1.54, 1.807) is 0 Å². The van der Waals surface area contributed by atoms with Gasteiger partial charge < -0.3 is 0 Å². The molecule has 0 aromatic heterocycles. The first-order chi connectivity index (χ1) is 10.2. The summed E-state index contributed by atoms with van der Waals surface area (Å²) in [4.78, 5) is 0. The second-order valence-electron chi connectivity index (χ2n) is 5.90. The van der Waals surface area contributed by atoms with Gasteiger partial charge in [-0.2, -0.15) is 0 Å². The van der Waals surface area contributed by atoms with E-state index in [2.05, 4.69) is 78.3 Å². The van der Waals surface area contributed by atoms with Gasteiger partial charge in [0.2, 0.25) is 0 Å². The molecule has 108 valence electrons. The van der Waals surface area contributed by atoms with Gasteiger partial charge in [0.05, 0.1) is 0 Å². The predicted molar refractivity (Wildman–Crippen MR) is 95.6 cm³/mol. The fraction of sp³-hybridized carbons (Fsp3) is 0.300. The van der Waals surface area contributed by atoms with Gasteiger partial charge in [-0.05, 0) is 58.7 Å². The zero-order chi connectivity index (χ0) is 14.8. The van der Waals surface area contributed by atoms with Crippen molar-refractivity contribution in [2.24, 2.45) is 0 Å². The first-order valence-corrected chi connectivity index (χ1v) is 8.59. The zero-order valence-electron chi connectivity index (χ0n) is 12.7. The van der Waals surface area contributed by atoms with Crippen LogP contribution in [0.15, 0.2) is 46.9 Å². The smallest absolute Gasteiger partial charge is 0.0184 e. The third-order valence-corrected chi connectivity index (χ3v) is 4.76. The summed E-state index contributed by atoms with van der Waals surface area (Å²) in [5, 5.41) is 0. The van der Waals surface area contributed by atoms with E-state index in [1.807, 2.05) is 0 Å². The van der Waals surface area contributed by atoms with E-state index in [4.69, 9.17) is 0 Å². The minimum Gasteiger partial charge on any atom is -0.0766 e. The van der Waals surface area contributed by atoms with Crippen LogP contribution in [0.2, 0.25) is 0 Å². The van der Waals surface area contributed by atoms with E-state index < -0.39 is 0 Å². The molecule has 0 N–H and O–H groups in total. The number of allylic oxidation sites excluding steroid dienone is 1. The monoisotopic (exact) mass is 340 g/mol. The summed E-state index contributed by atoms with van der Waals surface area (Å²) in [6.07, 6.45) is 8.27. The van der Waals surface area contributed by atoms with Crippen LogP contribution >= 0.6 is 15.9 Å². The van der Waals surface area contributed by atoms with Crippen molar-refractivity contribution in [2.75, 3.05) is 0 Å². The maximum Gasteiger partial charge on any atom is 0.0184 e. The Kier molecular flexibility index (Phi) is 4.30. The molecule has 2 aromatic carbocycles. The predicted octanol–water partition coefficient (Wildman–Crippen LogP) is 6.59. The van der Waals surface area contributed by atoms with Crippen LogP contribution in [-0.4, -0.2) is 0 Å². The third kappa shape index (κ3) is 2.98. The maximum absolute atomic E-state index is 3.66. The van der Waals surface area contributed by atoms with Crippen molar-refractivity contribution in [2.45, 2.75) is 39.0 Å². The molecular formula is C20H21Br. The van der Waals surface area contributed by atoms with Crippen LogP contribution < -0.4 is 0 Å². The molecule has 3 rings (SSSR count). The Labute approximate surface area is 136 Å². The molecule has 1 atom stereocenters. The lowest BCUT2D eigenvalue weighted by Crippen LogP contribution is -1.92. The molecule has 0 heterocycles. The second-order valence-corrected chi connectivity index (χ2v) is 6.82. The van der Waals surface area contributed by atoms with Crippen molar-refractivity contribution >= 4 is 22.0 Å². The van der Waals surface area contributed by atoms with Crippen LogP contribution in [0.3, 0.4) is 0 Å². The number of halogens is 1. The van der Waals surface area contributed by atoms with Crippen LogP contribution in [0.4, 0.5) is 0 Å². The minimum atomic E-state index is 0.514. The second kappa shape index (κ2) is 6.19. The van der Waals surface area contributed by atoms with Crippen molar-refractivity contribution in [1.29, 1.82) is 0 Å². The number of benzene rings is 2. The summed E-state index contributed by atoms with van der Waals surface area (Å²) in [5.41, 5.74) is 6.89. The summed E-state index contributed by atoms with van der Waals surface area (Å²) >= 11 is 3.66. The molecule has 1 unspecified atom stereocenters. The lowest BCUT2D eigenvalue weighted by molar-refractivity contribution is 0.795. The van der Waals surface area contributed by atoms with Crippen LogP contribution in [0.5, 0.6) is 0 Å². The summed E-state index contributed by atoms with van der Waals surface area (Å²) in [7, 11) is 0. The molecular weight excluding hydrogens is 320 g/mol. The van der Waals surface area contributed by atoms with E-state index in [1.165, 1.54) is 51.6 Å². The van der Waals surface area contributed by atoms with Gasteiger partial charge in [-0.3, -0.25) is 0 Å². The van der Waals surface area contributed by atoms with E-state index in [-0.39, 0.29) is 0 Å². The first-order valence-electron chi connectivity index (χ1n) is 7.80. The van der Waals surface area contributed by atoms with Crippen LogP contribution in [0.1, 0.15) is 49.3 Å².